The van der Waals surface area contributed by atoms with Gasteiger partial charge in [0.2, 0.25) is 0 Å². The fourth-order valence-electron chi connectivity index (χ4n) is 1.93. The molecule has 1 amide bonds. The van der Waals surface area contributed by atoms with Crippen molar-refractivity contribution in [3.05, 3.63) is 59.4 Å². The van der Waals surface area contributed by atoms with Crippen LogP contribution in [0.5, 0.6) is 0 Å². The number of anilines is 2. The van der Waals surface area contributed by atoms with Gasteiger partial charge in [0, 0.05) is 5.69 Å². The maximum absolute atomic E-state index is 13.5. The summed E-state index contributed by atoms with van der Waals surface area (Å²) >= 11 is 0. The Hall–Kier alpha value is -2.89. The third-order valence-electron chi connectivity index (χ3n) is 3.33. The molecule has 3 N–H and O–H groups in total. The SMILES string of the molecule is Cc1cccc(C(=O)O[C@@H](C)C(=O)Nc2ccccc2F)c1N. The zero-order valence-corrected chi connectivity index (χ0v) is 12.8. The fraction of sp³-hybridized carbons (Fsp3) is 0.176. The standard InChI is InChI=1S/C17H17FN2O3/c1-10-6-5-7-12(15(10)19)17(22)23-11(2)16(21)20-14-9-4-3-8-13(14)18/h3-9,11H,19H2,1-2H3,(H,20,21)/t11-/m0/s1. The largest absolute Gasteiger partial charge is 0.449 e. The van der Waals surface area contributed by atoms with Gasteiger partial charge in [-0.25, -0.2) is 9.18 Å². The molecular formula is C17H17FN2O3. The molecule has 0 fully saturated rings. The Morgan fingerprint density at radius 2 is 1.87 bits per heavy atom. The molecule has 2 aromatic carbocycles. The van der Waals surface area contributed by atoms with Crippen LogP contribution in [0.25, 0.3) is 0 Å². The van der Waals surface area contributed by atoms with Crippen molar-refractivity contribution in [1.82, 2.24) is 0 Å². The summed E-state index contributed by atoms with van der Waals surface area (Å²) in [6.45, 7) is 3.17. The van der Waals surface area contributed by atoms with Crippen LogP contribution in [0.1, 0.15) is 22.8 Å². The Morgan fingerprint density at radius 3 is 2.57 bits per heavy atom. The van der Waals surface area contributed by atoms with E-state index in [-0.39, 0.29) is 11.3 Å². The van der Waals surface area contributed by atoms with Gasteiger partial charge in [-0.3, -0.25) is 4.79 Å². The Balaban J connectivity index is 2.05. The molecule has 0 spiro atoms. The minimum atomic E-state index is -1.10. The van der Waals surface area contributed by atoms with Gasteiger partial charge in [-0.15, -0.1) is 0 Å². The molecule has 0 aliphatic heterocycles. The minimum Gasteiger partial charge on any atom is -0.449 e. The number of halogens is 1. The second-order valence-electron chi connectivity index (χ2n) is 5.05. The van der Waals surface area contributed by atoms with Crippen LogP contribution in [-0.4, -0.2) is 18.0 Å². The predicted molar refractivity (Wildman–Crippen MR) is 85.5 cm³/mol. The van der Waals surface area contributed by atoms with Gasteiger partial charge in [0.15, 0.2) is 6.10 Å². The average Bonchev–Trinajstić information content (AvgIpc) is 2.52. The Morgan fingerprint density at radius 1 is 1.17 bits per heavy atom. The molecule has 2 aromatic rings. The van der Waals surface area contributed by atoms with Crippen molar-refractivity contribution in [3.63, 3.8) is 0 Å². The molecule has 0 saturated heterocycles. The Labute approximate surface area is 133 Å². The van der Waals surface area contributed by atoms with Crippen molar-refractivity contribution in [2.45, 2.75) is 20.0 Å². The van der Waals surface area contributed by atoms with Crippen molar-refractivity contribution in [2.75, 3.05) is 11.1 Å². The first kappa shape index (κ1) is 16.5. The lowest BCUT2D eigenvalue weighted by Crippen LogP contribution is -2.30. The highest BCUT2D eigenvalue weighted by atomic mass is 19.1. The number of esters is 1. The van der Waals surface area contributed by atoms with Gasteiger partial charge in [0.05, 0.1) is 11.3 Å². The lowest BCUT2D eigenvalue weighted by atomic mass is 10.1. The van der Waals surface area contributed by atoms with E-state index in [4.69, 9.17) is 10.5 Å². The van der Waals surface area contributed by atoms with Gasteiger partial charge in [-0.2, -0.15) is 0 Å². The smallest absolute Gasteiger partial charge is 0.341 e. The van der Waals surface area contributed by atoms with Crippen molar-refractivity contribution in [1.29, 1.82) is 0 Å². The normalized spacial score (nSPS) is 11.6. The highest BCUT2D eigenvalue weighted by Gasteiger charge is 2.21. The van der Waals surface area contributed by atoms with Crippen molar-refractivity contribution in [2.24, 2.45) is 0 Å². The van der Waals surface area contributed by atoms with Crippen LogP contribution in [-0.2, 0) is 9.53 Å². The summed E-state index contributed by atoms with van der Waals surface area (Å²) in [5.74, 6) is -1.90. The molecule has 23 heavy (non-hydrogen) atoms. The predicted octanol–water partition coefficient (Wildman–Crippen LogP) is 2.90. The number of amides is 1. The number of nitrogen functional groups attached to an aromatic ring is 1. The maximum atomic E-state index is 13.5. The van der Waals surface area contributed by atoms with E-state index in [2.05, 4.69) is 5.32 Å². The summed E-state index contributed by atoms with van der Waals surface area (Å²) in [6, 6.07) is 10.7. The van der Waals surface area contributed by atoms with E-state index in [9.17, 15) is 14.0 Å². The number of hydrogen-bond acceptors (Lipinski definition) is 4. The van der Waals surface area contributed by atoms with Crippen LogP contribution < -0.4 is 11.1 Å². The van der Waals surface area contributed by atoms with Gasteiger partial charge in [0.25, 0.3) is 5.91 Å². The van der Waals surface area contributed by atoms with E-state index in [1.54, 1.807) is 25.1 Å². The highest BCUT2D eigenvalue weighted by Crippen LogP contribution is 2.18. The van der Waals surface area contributed by atoms with E-state index >= 15 is 0 Å². The van der Waals surface area contributed by atoms with Crippen LogP contribution in [0.4, 0.5) is 15.8 Å². The van der Waals surface area contributed by atoms with Gasteiger partial charge in [-0.1, -0.05) is 24.3 Å². The van der Waals surface area contributed by atoms with Crippen molar-refractivity contribution < 1.29 is 18.7 Å². The number of ether oxygens (including phenoxy) is 1. The molecule has 0 aliphatic carbocycles. The molecule has 6 heteroatoms. The van der Waals surface area contributed by atoms with E-state index in [0.717, 1.165) is 5.56 Å². The molecule has 0 heterocycles. The molecule has 5 nitrogen and oxygen atoms in total. The first-order valence-corrected chi connectivity index (χ1v) is 7.01. The molecule has 1 atom stereocenters. The summed E-state index contributed by atoms with van der Waals surface area (Å²) in [4.78, 5) is 24.1. The molecule has 2 rings (SSSR count). The van der Waals surface area contributed by atoms with Crippen LogP contribution in [0.15, 0.2) is 42.5 Å². The van der Waals surface area contributed by atoms with Crippen LogP contribution >= 0.6 is 0 Å². The van der Waals surface area contributed by atoms with Gasteiger partial charge < -0.3 is 15.8 Å². The molecule has 120 valence electrons. The molecule has 0 aromatic heterocycles. The van der Waals surface area contributed by atoms with Crippen LogP contribution in [0.2, 0.25) is 0 Å². The number of benzene rings is 2. The second kappa shape index (κ2) is 6.91. The monoisotopic (exact) mass is 316 g/mol. The second-order valence-corrected chi connectivity index (χ2v) is 5.05. The van der Waals surface area contributed by atoms with E-state index in [1.807, 2.05) is 0 Å². The summed E-state index contributed by atoms with van der Waals surface area (Å²) < 4.78 is 18.6. The third-order valence-corrected chi connectivity index (χ3v) is 3.33. The molecule has 0 radical (unpaired) electrons. The lowest BCUT2D eigenvalue weighted by molar-refractivity contribution is -0.123. The zero-order valence-electron chi connectivity index (χ0n) is 12.8. The molecule has 0 saturated carbocycles. The molecule has 0 bridgehead atoms. The maximum Gasteiger partial charge on any atom is 0.341 e. The number of nitrogens with two attached hydrogens (primary N) is 1. The number of rotatable bonds is 4. The quantitative estimate of drug-likeness (QED) is 0.671. The Kier molecular flexibility index (Phi) is 4.95. The number of carbonyl (C=O) groups excluding carboxylic acids is 2. The lowest BCUT2D eigenvalue weighted by Gasteiger charge is -2.15. The first-order valence-electron chi connectivity index (χ1n) is 7.01. The first-order chi connectivity index (χ1) is 10.9. The molecular weight excluding hydrogens is 299 g/mol. The highest BCUT2D eigenvalue weighted by molar-refractivity contribution is 5.99. The third kappa shape index (κ3) is 3.85. The van der Waals surface area contributed by atoms with E-state index < -0.39 is 23.8 Å². The van der Waals surface area contributed by atoms with Crippen molar-refractivity contribution in [3.8, 4) is 0 Å². The van der Waals surface area contributed by atoms with Crippen LogP contribution in [0.3, 0.4) is 0 Å². The summed E-state index contributed by atoms with van der Waals surface area (Å²) in [7, 11) is 0. The molecule has 0 unspecified atom stereocenters. The van der Waals surface area contributed by atoms with Gasteiger partial charge >= 0.3 is 5.97 Å². The number of carbonyl (C=O) groups is 2. The van der Waals surface area contributed by atoms with Gasteiger partial charge in [0.1, 0.15) is 5.82 Å². The number of para-hydroxylation sites is 2. The zero-order chi connectivity index (χ0) is 17.0. The van der Waals surface area contributed by atoms with Gasteiger partial charge in [-0.05, 0) is 37.6 Å². The summed E-state index contributed by atoms with van der Waals surface area (Å²) in [6.07, 6.45) is -1.10. The number of nitrogens with one attached hydrogen (secondary N) is 1. The van der Waals surface area contributed by atoms with Crippen LogP contribution in [0, 0.1) is 12.7 Å². The number of hydrogen-bond donors (Lipinski definition) is 2. The van der Waals surface area contributed by atoms with E-state index in [0.29, 0.717) is 5.69 Å². The minimum absolute atomic E-state index is 0.0236. The summed E-state index contributed by atoms with van der Waals surface area (Å²) in [5.41, 5.74) is 7.09. The number of aryl methyl sites for hydroxylation is 1. The van der Waals surface area contributed by atoms with Crippen molar-refractivity contribution >= 4 is 23.3 Å². The van der Waals surface area contributed by atoms with E-state index in [1.165, 1.54) is 31.2 Å². The fourth-order valence-corrected chi connectivity index (χ4v) is 1.93. The topological polar surface area (TPSA) is 81.4 Å². The summed E-state index contributed by atoms with van der Waals surface area (Å²) in [5, 5.41) is 2.37. The average molecular weight is 316 g/mol. The Bertz CT molecular complexity index is 746. The molecule has 0 aliphatic rings.